The van der Waals surface area contributed by atoms with E-state index in [1.807, 2.05) is 41.3 Å². The van der Waals surface area contributed by atoms with E-state index in [1.165, 1.54) is 0 Å². The van der Waals surface area contributed by atoms with Crippen LogP contribution in [0.15, 0.2) is 42.5 Å². The second-order valence-corrected chi connectivity index (χ2v) is 6.39. The standard InChI is InChI=1S/C18H20ClN3O/c1-13-9-11-22(12-10-13)18(23)16-7-4-8-17(21-16)20-15-6-3-2-5-14(15)19/h2-8,13H,9-12H2,1H3,(H,20,21). The number of amides is 1. The molecule has 1 aromatic heterocycles. The number of piperidine rings is 1. The molecule has 1 aliphatic heterocycles. The minimum Gasteiger partial charge on any atom is -0.339 e. The number of hydrogen-bond acceptors (Lipinski definition) is 3. The summed E-state index contributed by atoms with van der Waals surface area (Å²) in [4.78, 5) is 18.9. The van der Waals surface area contributed by atoms with Crippen LogP contribution in [0.3, 0.4) is 0 Å². The molecule has 2 aromatic rings. The lowest BCUT2D eigenvalue weighted by Gasteiger charge is -2.30. The number of likely N-dealkylation sites (tertiary alicyclic amines) is 1. The van der Waals surface area contributed by atoms with E-state index in [1.54, 1.807) is 6.07 Å². The van der Waals surface area contributed by atoms with Gasteiger partial charge in [0.1, 0.15) is 11.5 Å². The number of aromatic nitrogens is 1. The van der Waals surface area contributed by atoms with Crippen molar-refractivity contribution in [2.75, 3.05) is 18.4 Å². The molecule has 1 aliphatic rings. The van der Waals surface area contributed by atoms with Crippen LogP contribution in [0, 0.1) is 5.92 Å². The summed E-state index contributed by atoms with van der Waals surface area (Å²) in [6.45, 7) is 3.85. The molecule has 1 fully saturated rings. The van der Waals surface area contributed by atoms with E-state index in [0.717, 1.165) is 31.6 Å². The Kier molecular flexibility index (Phi) is 4.82. The summed E-state index contributed by atoms with van der Waals surface area (Å²) in [6, 6.07) is 12.9. The van der Waals surface area contributed by atoms with Crippen LogP contribution in [0.2, 0.25) is 5.02 Å². The summed E-state index contributed by atoms with van der Waals surface area (Å²) < 4.78 is 0. The van der Waals surface area contributed by atoms with Crippen LogP contribution >= 0.6 is 11.6 Å². The molecule has 1 N–H and O–H groups in total. The van der Waals surface area contributed by atoms with Gasteiger partial charge in [0.05, 0.1) is 10.7 Å². The normalized spacial score (nSPS) is 15.5. The van der Waals surface area contributed by atoms with Crippen LogP contribution in [0.5, 0.6) is 0 Å². The van der Waals surface area contributed by atoms with Crippen LogP contribution in [0.1, 0.15) is 30.3 Å². The zero-order chi connectivity index (χ0) is 16.2. The number of pyridine rings is 1. The fourth-order valence-electron chi connectivity index (χ4n) is 2.70. The summed E-state index contributed by atoms with van der Waals surface area (Å²) in [7, 11) is 0. The van der Waals surface area contributed by atoms with Gasteiger partial charge in [-0.25, -0.2) is 4.98 Å². The average molecular weight is 330 g/mol. The minimum atomic E-state index is -0.000270. The second-order valence-electron chi connectivity index (χ2n) is 5.99. The van der Waals surface area contributed by atoms with Crippen molar-refractivity contribution in [3.05, 3.63) is 53.2 Å². The first kappa shape index (κ1) is 15.8. The number of halogens is 1. The lowest BCUT2D eigenvalue weighted by molar-refractivity contribution is 0.0691. The Morgan fingerprint density at radius 3 is 2.65 bits per heavy atom. The number of nitrogens with one attached hydrogen (secondary N) is 1. The lowest BCUT2D eigenvalue weighted by Crippen LogP contribution is -2.38. The Bertz CT molecular complexity index is 696. The molecule has 0 saturated carbocycles. The molecule has 0 radical (unpaired) electrons. The Hall–Kier alpha value is -2.07. The first-order valence-corrected chi connectivity index (χ1v) is 8.29. The van der Waals surface area contributed by atoms with Crippen LogP contribution in [0.25, 0.3) is 0 Å². The predicted octanol–water partition coefficient (Wildman–Crippen LogP) is 4.35. The molecule has 3 rings (SSSR count). The third-order valence-corrected chi connectivity index (χ3v) is 4.51. The predicted molar refractivity (Wildman–Crippen MR) is 93.3 cm³/mol. The van der Waals surface area contributed by atoms with E-state index in [4.69, 9.17) is 11.6 Å². The number of carbonyl (C=O) groups is 1. The van der Waals surface area contributed by atoms with Gasteiger partial charge in [0.2, 0.25) is 0 Å². The SMILES string of the molecule is CC1CCN(C(=O)c2cccc(Nc3ccccc3Cl)n2)CC1. The van der Waals surface area contributed by atoms with Gasteiger partial charge >= 0.3 is 0 Å². The van der Waals surface area contributed by atoms with Crippen LogP contribution < -0.4 is 5.32 Å². The average Bonchev–Trinajstić information content (AvgIpc) is 2.57. The maximum Gasteiger partial charge on any atom is 0.272 e. The summed E-state index contributed by atoms with van der Waals surface area (Å²) in [5, 5.41) is 3.78. The van der Waals surface area contributed by atoms with E-state index in [-0.39, 0.29) is 5.91 Å². The van der Waals surface area contributed by atoms with E-state index in [9.17, 15) is 4.79 Å². The minimum absolute atomic E-state index is 0.000270. The fraction of sp³-hybridized carbons (Fsp3) is 0.333. The van der Waals surface area contributed by atoms with Crippen LogP contribution in [-0.4, -0.2) is 28.9 Å². The van der Waals surface area contributed by atoms with Gasteiger partial charge in [0.15, 0.2) is 0 Å². The van der Waals surface area contributed by atoms with E-state index >= 15 is 0 Å². The molecule has 1 saturated heterocycles. The van der Waals surface area contributed by atoms with Crippen molar-refractivity contribution in [3.8, 4) is 0 Å². The van der Waals surface area contributed by atoms with E-state index < -0.39 is 0 Å². The fourth-order valence-corrected chi connectivity index (χ4v) is 2.88. The number of nitrogens with zero attached hydrogens (tertiary/aromatic N) is 2. The number of anilines is 2. The first-order valence-electron chi connectivity index (χ1n) is 7.91. The highest BCUT2D eigenvalue weighted by molar-refractivity contribution is 6.33. The third kappa shape index (κ3) is 3.82. The quantitative estimate of drug-likeness (QED) is 0.910. The van der Waals surface area contributed by atoms with Crippen molar-refractivity contribution in [1.29, 1.82) is 0 Å². The summed E-state index contributed by atoms with van der Waals surface area (Å²) in [6.07, 6.45) is 2.12. The number of para-hydroxylation sites is 1. The molecule has 1 aromatic carbocycles. The lowest BCUT2D eigenvalue weighted by atomic mass is 9.99. The number of rotatable bonds is 3. The third-order valence-electron chi connectivity index (χ3n) is 4.18. The van der Waals surface area contributed by atoms with Gasteiger partial charge in [-0.05, 0) is 43.0 Å². The maximum atomic E-state index is 12.6. The zero-order valence-electron chi connectivity index (χ0n) is 13.1. The van der Waals surface area contributed by atoms with Gasteiger partial charge in [-0.15, -0.1) is 0 Å². The van der Waals surface area contributed by atoms with Crippen molar-refractivity contribution in [3.63, 3.8) is 0 Å². The molecule has 2 heterocycles. The molecule has 23 heavy (non-hydrogen) atoms. The maximum absolute atomic E-state index is 12.6. The Morgan fingerprint density at radius 1 is 1.17 bits per heavy atom. The van der Waals surface area contributed by atoms with Gasteiger partial charge in [-0.2, -0.15) is 0 Å². The highest BCUT2D eigenvalue weighted by Gasteiger charge is 2.22. The molecule has 0 aliphatic carbocycles. The molecule has 1 amide bonds. The van der Waals surface area contributed by atoms with Gasteiger partial charge in [0, 0.05) is 13.1 Å². The molecular weight excluding hydrogens is 310 g/mol. The molecule has 5 heteroatoms. The Morgan fingerprint density at radius 2 is 1.91 bits per heavy atom. The number of carbonyl (C=O) groups excluding carboxylic acids is 1. The van der Waals surface area contributed by atoms with E-state index in [0.29, 0.717) is 22.5 Å². The summed E-state index contributed by atoms with van der Waals surface area (Å²) >= 11 is 6.15. The van der Waals surface area contributed by atoms with Crippen molar-refractivity contribution in [1.82, 2.24) is 9.88 Å². The Labute approximate surface area is 141 Å². The van der Waals surface area contributed by atoms with Crippen LogP contribution in [0.4, 0.5) is 11.5 Å². The van der Waals surface area contributed by atoms with Crippen LogP contribution in [-0.2, 0) is 0 Å². The molecule has 0 unspecified atom stereocenters. The van der Waals surface area contributed by atoms with Crippen molar-refractivity contribution >= 4 is 29.0 Å². The zero-order valence-corrected chi connectivity index (χ0v) is 13.9. The number of benzene rings is 1. The second kappa shape index (κ2) is 7.01. The summed E-state index contributed by atoms with van der Waals surface area (Å²) in [5.74, 6) is 1.31. The smallest absolute Gasteiger partial charge is 0.272 e. The molecule has 0 atom stereocenters. The van der Waals surface area contributed by atoms with E-state index in [2.05, 4.69) is 17.2 Å². The van der Waals surface area contributed by atoms with Gasteiger partial charge < -0.3 is 10.2 Å². The monoisotopic (exact) mass is 329 g/mol. The van der Waals surface area contributed by atoms with Gasteiger partial charge in [-0.3, -0.25) is 4.79 Å². The molecule has 0 spiro atoms. The molecule has 0 bridgehead atoms. The molecular formula is C18H20ClN3O. The highest BCUT2D eigenvalue weighted by atomic mass is 35.5. The Balaban J connectivity index is 1.75. The van der Waals surface area contributed by atoms with Gasteiger partial charge in [-0.1, -0.05) is 36.7 Å². The summed E-state index contributed by atoms with van der Waals surface area (Å²) in [5.41, 5.74) is 1.25. The molecule has 120 valence electrons. The largest absolute Gasteiger partial charge is 0.339 e. The van der Waals surface area contributed by atoms with Gasteiger partial charge in [0.25, 0.3) is 5.91 Å². The van der Waals surface area contributed by atoms with Crippen molar-refractivity contribution < 1.29 is 4.79 Å². The topological polar surface area (TPSA) is 45.2 Å². The number of hydrogen-bond donors (Lipinski definition) is 1. The van der Waals surface area contributed by atoms with Crippen molar-refractivity contribution in [2.24, 2.45) is 5.92 Å². The highest BCUT2D eigenvalue weighted by Crippen LogP contribution is 2.24. The molecule has 4 nitrogen and oxygen atoms in total. The first-order chi connectivity index (χ1) is 11.1. The van der Waals surface area contributed by atoms with Crippen molar-refractivity contribution in [2.45, 2.75) is 19.8 Å².